The molecule has 1 heterocycles. The zero-order chi connectivity index (χ0) is 11.5. The van der Waals surface area contributed by atoms with Gasteiger partial charge in [-0.25, -0.2) is 0 Å². The van der Waals surface area contributed by atoms with E-state index in [0.717, 1.165) is 17.7 Å². The van der Waals surface area contributed by atoms with E-state index >= 15 is 0 Å². The van der Waals surface area contributed by atoms with Gasteiger partial charge in [-0.3, -0.25) is 4.79 Å². The molecular weight excluding hydrogens is 209 g/mol. The van der Waals surface area contributed by atoms with Crippen molar-refractivity contribution in [3.63, 3.8) is 0 Å². The lowest BCUT2D eigenvalue weighted by atomic mass is 10.0. The summed E-state index contributed by atoms with van der Waals surface area (Å²) < 4.78 is 36.1. The highest BCUT2D eigenvalue weighted by molar-refractivity contribution is 5.81. The number of halogens is 3. The van der Waals surface area contributed by atoms with Gasteiger partial charge in [-0.15, -0.1) is 0 Å². The van der Waals surface area contributed by atoms with Crippen LogP contribution in [0.5, 0.6) is 0 Å². The van der Waals surface area contributed by atoms with Crippen LogP contribution in [0, 0.1) is 0 Å². The molecule has 88 valence electrons. The van der Waals surface area contributed by atoms with Gasteiger partial charge in [0.15, 0.2) is 0 Å². The summed E-state index contributed by atoms with van der Waals surface area (Å²) in [6.07, 6.45) is -1.82. The van der Waals surface area contributed by atoms with Crippen molar-refractivity contribution in [3.8, 4) is 0 Å². The van der Waals surface area contributed by atoms with E-state index in [1.165, 1.54) is 7.05 Å². The average molecular weight is 224 g/mol. The Hall–Kier alpha value is -0.780. The molecule has 0 bridgehead atoms. The Morgan fingerprint density at radius 3 is 2.60 bits per heavy atom. The van der Waals surface area contributed by atoms with Crippen molar-refractivity contribution in [1.29, 1.82) is 0 Å². The third kappa shape index (κ3) is 4.07. The second-order valence-electron chi connectivity index (χ2n) is 3.81. The minimum absolute atomic E-state index is 0.439. The van der Waals surface area contributed by atoms with E-state index in [0.29, 0.717) is 13.0 Å². The molecule has 1 saturated heterocycles. The van der Waals surface area contributed by atoms with Crippen LogP contribution < -0.4 is 5.32 Å². The van der Waals surface area contributed by atoms with Gasteiger partial charge in [0.2, 0.25) is 5.91 Å². The first-order chi connectivity index (χ1) is 6.90. The van der Waals surface area contributed by atoms with E-state index < -0.39 is 24.7 Å². The Bertz CT molecular complexity index is 224. The van der Waals surface area contributed by atoms with Crippen molar-refractivity contribution in [2.45, 2.75) is 31.5 Å². The summed E-state index contributed by atoms with van der Waals surface area (Å²) in [7, 11) is 1.19. The van der Waals surface area contributed by atoms with E-state index in [1.54, 1.807) is 0 Å². The van der Waals surface area contributed by atoms with Crippen molar-refractivity contribution in [2.75, 3.05) is 20.1 Å². The van der Waals surface area contributed by atoms with Crippen LogP contribution in [0.1, 0.15) is 19.3 Å². The van der Waals surface area contributed by atoms with Crippen LogP contribution in [-0.2, 0) is 4.79 Å². The van der Waals surface area contributed by atoms with Crippen LogP contribution in [0.3, 0.4) is 0 Å². The van der Waals surface area contributed by atoms with Crippen LogP contribution in [-0.4, -0.2) is 43.2 Å². The minimum atomic E-state index is -4.32. The molecule has 0 spiro atoms. The molecule has 0 aliphatic carbocycles. The summed E-state index contributed by atoms with van der Waals surface area (Å²) in [6, 6.07) is -0.439. The van der Waals surface area contributed by atoms with Gasteiger partial charge >= 0.3 is 6.18 Å². The van der Waals surface area contributed by atoms with Gasteiger partial charge in [-0.1, -0.05) is 6.42 Å². The fourth-order valence-electron chi connectivity index (χ4n) is 1.68. The maximum atomic E-state index is 12.0. The van der Waals surface area contributed by atoms with Crippen molar-refractivity contribution in [1.82, 2.24) is 10.2 Å². The van der Waals surface area contributed by atoms with Gasteiger partial charge in [-0.05, 0) is 19.4 Å². The Balaban J connectivity index is 2.44. The van der Waals surface area contributed by atoms with E-state index in [1.807, 2.05) is 0 Å². The third-order valence-corrected chi connectivity index (χ3v) is 2.40. The van der Waals surface area contributed by atoms with Gasteiger partial charge < -0.3 is 10.2 Å². The number of nitrogens with zero attached hydrogens (tertiary/aromatic N) is 1. The highest BCUT2D eigenvalue weighted by atomic mass is 19.4. The van der Waals surface area contributed by atoms with Crippen LogP contribution in [0.25, 0.3) is 0 Å². The Morgan fingerprint density at radius 1 is 1.47 bits per heavy atom. The lowest BCUT2D eigenvalue weighted by Gasteiger charge is -2.27. The predicted molar refractivity (Wildman–Crippen MR) is 49.3 cm³/mol. The standard InChI is InChI=1S/C9H15F3N2O/c1-14(6-9(10,11)12)8(15)7-4-2-3-5-13-7/h7,13H,2-6H2,1H3/t7-/m1/s1. The summed E-state index contributed by atoms with van der Waals surface area (Å²) in [6.45, 7) is -0.472. The zero-order valence-corrected chi connectivity index (χ0v) is 8.60. The molecule has 3 nitrogen and oxygen atoms in total. The van der Waals surface area contributed by atoms with Gasteiger partial charge in [0, 0.05) is 7.05 Å². The Morgan fingerprint density at radius 2 is 2.13 bits per heavy atom. The van der Waals surface area contributed by atoms with Gasteiger partial charge in [-0.2, -0.15) is 13.2 Å². The molecule has 0 aromatic heterocycles. The molecule has 1 aliphatic rings. The van der Waals surface area contributed by atoms with Gasteiger partial charge in [0.25, 0.3) is 0 Å². The molecule has 1 atom stereocenters. The maximum Gasteiger partial charge on any atom is 0.406 e. The summed E-state index contributed by atoms with van der Waals surface area (Å²) in [5.41, 5.74) is 0. The topological polar surface area (TPSA) is 32.3 Å². The first-order valence-electron chi connectivity index (χ1n) is 4.95. The van der Waals surface area contributed by atoms with Crippen molar-refractivity contribution in [2.24, 2.45) is 0 Å². The van der Waals surface area contributed by atoms with Crippen molar-refractivity contribution in [3.05, 3.63) is 0 Å². The largest absolute Gasteiger partial charge is 0.406 e. The van der Waals surface area contributed by atoms with E-state index in [2.05, 4.69) is 5.32 Å². The number of amides is 1. The van der Waals surface area contributed by atoms with Crippen LogP contribution in [0.4, 0.5) is 13.2 Å². The van der Waals surface area contributed by atoms with Crippen LogP contribution in [0.2, 0.25) is 0 Å². The summed E-state index contributed by atoms with van der Waals surface area (Å²) in [5.74, 6) is -0.466. The second-order valence-corrected chi connectivity index (χ2v) is 3.81. The number of nitrogens with one attached hydrogen (secondary N) is 1. The molecule has 1 N–H and O–H groups in total. The number of carbonyl (C=O) groups is 1. The number of rotatable bonds is 2. The van der Waals surface area contributed by atoms with Crippen molar-refractivity contribution >= 4 is 5.91 Å². The maximum absolute atomic E-state index is 12.0. The van der Waals surface area contributed by atoms with Crippen LogP contribution in [0.15, 0.2) is 0 Å². The highest BCUT2D eigenvalue weighted by Gasteiger charge is 2.33. The zero-order valence-electron chi connectivity index (χ0n) is 8.60. The first-order valence-corrected chi connectivity index (χ1v) is 4.95. The fourth-order valence-corrected chi connectivity index (χ4v) is 1.68. The number of likely N-dealkylation sites (N-methyl/N-ethyl adjacent to an activating group) is 1. The van der Waals surface area contributed by atoms with E-state index in [9.17, 15) is 18.0 Å². The number of piperidine rings is 1. The van der Waals surface area contributed by atoms with Crippen LogP contribution >= 0.6 is 0 Å². The molecule has 1 rings (SSSR count). The Kier molecular flexibility index (Phi) is 3.96. The molecule has 6 heteroatoms. The lowest BCUT2D eigenvalue weighted by Crippen LogP contribution is -2.49. The van der Waals surface area contributed by atoms with Crippen molar-refractivity contribution < 1.29 is 18.0 Å². The number of carbonyl (C=O) groups excluding carboxylic acids is 1. The van der Waals surface area contributed by atoms with E-state index in [4.69, 9.17) is 0 Å². The molecule has 1 aliphatic heterocycles. The summed E-state index contributed by atoms with van der Waals surface area (Å²) in [4.78, 5) is 12.3. The smallest absolute Gasteiger partial charge is 0.335 e. The highest BCUT2D eigenvalue weighted by Crippen LogP contribution is 2.17. The van der Waals surface area contributed by atoms with E-state index in [-0.39, 0.29) is 0 Å². The number of alkyl halides is 3. The molecule has 0 radical (unpaired) electrons. The first kappa shape index (κ1) is 12.3. The van der Waals surface area contributed by atoms with Gasteiger partial charge in [0.05, 0.1) is 6.04 Å². The Labute approximate surface area is 86.6 Å². The molecule has 0 aromatic rings. The SMILES string of the molecule is CN(CC(F)(F)F)C(=O)[C@H]1CCCCN1. The average Bonchev–Trinajstić information content (AvgIpc) is 2.15. The molecule has 1 amide bonds. The molecule has 0 saturated carbocycles. The molecule has 15 heavy (non-hydrogen) atoms. The molecular formula is C9H15F3N2O. The van der Waals surface area contributed by atoms with Gasteiger partial charge in [0.1, 0.15) is 6.54 Å². The quantitative estimate of drug-likeness (QED) is 0.763. The number of hydrogen-bond acceptors (Lipinski definition) is 2. The second kappa shape index (κ2) is 4.83. The summed E-state index contributed by atoms with van der Waals surface area (Å²) >= 11 is 0. The molecule has 0 unspecified atom stereocenters. The minimum Gasteiger partial charge on any atom is -0.335 e. The summed E-state index contributed by atoms with van der Waals surface area (Å²) in [5, 5.41) is 2.93. The monoisotopic (exact) mass is 224 g/mol. The fraction of sp³-hybridized carbons (Fsp3) is 0.889. The number of hydrogen-bond donors (Lipinski definition) is 1. The predicted octanol–water partition coefficient (Wildman–Crippen LogP) is 1.15. The third-order valence-electron chi connectivity index (χ3n) is 2.40. The normalized spacial score (nSPS) is 22.5. The molecule has 0 aromatic carbocycles. The molecule has 1 fully saturated rings. The lowest BCUT2D eigenvalue weighted by molar-refractivity contribution is -0.159.